The van der Waals surface area contributed by atoms with Crippen LogP contribution in [0, 0.1) is 0 Å². The molecule has 1 aromatic carbocycles. The van der Waals surface area contributed by atoms with Crippen molar-refractivity contribution in [1.29, 1.82) is 0 Å². The van der Waals surface area contributed by atoms with Crippen LogP contribution in [0.3, 0.4) is 0 Å². The second-order valence-corrected chi connectivity index (χ2v) is 5.93. The molecule has 24 heavy (non-hydrogen) atoms. The van der Waals surface area contributed by atoms with Gasteiger partial charge in [-0.05, 0) is 34.5 Å². The lowest BCUT2D eigenvalue weighted by atomic mass is 10.2. The monoisotopic (exact) mass is 397 g/mol. The van der Waals surface area contributed by atoms with Gasteiger partial charge in [0.1, 0.15) is 6.04 Å². The quantitative estimate of drug-likeness (QED) is 0.598. The molecule has 0 aliphatic carbocycles. The number of ether oxygens (including phenoxy) is 1. The number of hydrogen-bond acceptors (Lipinski definition) is 5. The van der Waals surface area contributed by atoms with E-state index in [2.05, 4.69) is 31.9 Å². The Morgan fingerprint density at radius 3 is 2.67 bits per heavy atom. The highest BCUT2D eigenvalue weighted by Gasteiger charge is 2.28. The van der Waals surface area contributed by atoms with E-state index in [1.165, 1.54) is 0 Å². The van der Waals surface area contributed by atoms with Crippen LogP contribution in [0.1, 0.15) is 12.8 Å². The van der Waals surface area contributed by atoms with Crippen LogP contribution < -0.4 is 16.0 Å². The second kappa shape index (κ2) is 8.44. The number of carbonyl (C=O) groups excluding carboxylic acids is 4. The van der Waals surface area contributed by atoms with Gasteiger partial charge in [0.2, 0.25) is 11.8 Å². The molecule has 0 saturated carbocycles. The summed E-state index contributed by atoms with van der Waals surface area (Å²) in [4.78, 5) is 45.9. The number of anilines is 1. The average molecular weight is 398 g/mol. The molecular weight excluding hydrogens is 382 g/mol. The van der Waals surface area contributed by atoms with Crippen molar-refractivity contribution < 1.29 is 23.9 Å². The van der Waals surface area contributed by atoms with E-state index in [9.17, 15) is 19.2 Å². The number of halogens is 1. The Labute approximate surface area is 146 Å². The molecule has 128 valence electrons. The first kappa shape index (κ1) is 17.9. The van der Waals surface area contributed by atoms with Crippen molar-refractivity contribution in [2.75, 3.05) is 18.5 Å². The van der Waals surface area contributed by atoms with Crippen molar-refractivity contribution in [3.63, 3.8) is 0 Å². The zero-order chi connectivity index (χ0) is 17.5. The fraction of sp³-hybridized carbons (Fsp3) is 0.333. The third kappa shape index (κ3) is 5.34. The summed E-state index contributed by atoms with van der Waals surface area (Å²) in [7, 11) is 0. The van der Waals surface area contributed by atoms with Crippen molar-refractivity contribution >= 4 is 45.3 Å². The van der Waals surface area contributed by atoms with Gasteiger partial charge in [0, 0.05) is 10.9 Å². The van der Waals surface area contributed by atoms with Crippen LogP contribution >= 0.6 is 15.9 Å². The van der Waals surface area contributed by atoms with Crippen LogP contribution in [0.15, 0.2) is 28.7 Å². The fourth-order valence-electron chi connectivity index (χ4n) is 2.02. The molecule has 1 fully saturated rings. The summed E-state index contributed by atoms with van der Waals surface area (Å²) in [6, 6.07) is 6.35. The van der Waals surface area contributed by atoms with E-state index in [1.54, 1.807) is 18.2 Å². The Bertz CT molecular complexity index is 664. The molecule has 0 bridgehead atoms. The Morgan fingerprint density at radius 2 is 2.00 bits per heavy atom. The van der Waals surface area contributed by atoms with Crippen LogP contribution in [0.4, 0.5) is 5.69 Å². The first-order valence-corrected chi connectivity index (χ1v) is 8.02. The van der Waals surface area contributed by atoms with Crippen LogP contribution in [0.5, 0.6) is 0 Å². The first-order chi connectivity index (χ1) is 11.5. The summed E-state index contributed by atoms with van der Waals surface area (Å²) >= 11 is 3.29. The number of amides is 3. The van der Waals surface area contributed by atoms with Crippen LogP contribution in [-0.4, -0.2) is 42.9 Å². The Hall–Kier alpha value is -2.42. The van der Waals surface area contributed by atoms with Crippen LogP contribution in [0.25, 0.3) is 0 Å². The van der Waals surface area contributed by atoms with Gasteiger partial charge in [-0.1, -0.05) is 12.1 Å². The second-order valence-electron chi connectivity index (χ2n) is 5.07. The minimum Gasteiger partial charge on any atom is -0.454 e. The van der Waals surface area contributed by atoms with Gasteiger partial charge in [0.05, 0.1) is 12.2 Å². The zero-order valence-electron chi connectivity index (χ0n) is 12.6. The normalized spacial score (nSPS) is 16.2. The molecule has 1 aromatic rings. The molecule has 0 unspecified atom stereocenters. The van der Waals surface area contributed by atoms with E-state index in [0.29, 0.717) is 12.1 Å². The van der Waals surface area contributed by atoms with Crippen LogP contribution in [-0.2, 0) is 23.9 Å². The fourth-order valence-corrected chi connectivity index (χ4v) is 2.40. The van der Waals surface area contributed by atoms with E-state index >= 15 is 0 Å². The summed E-state index contributed by atoms with van der Waals surface area (Å²) in [6.07, 6.45) is 0.620. The maximum absolute atomic E-state index is 11.8. The highest BCUT2D eigenvalue weighted by Crippen LogP contribution is 2.20. The lowest BCUT2D eigenvalue weighted by molar-refractivity contribution is -0.150. The number of para-hydroxylation sites is 1. The van der Waals surface area contributed by atoms with Crippen molar-refractivity contribution in [3.05, 3.63) is 28.7 Å². The van der Waals surface area contributed by atoms with Crippen LogP contribution in [0.2, 0.25) is 0 Å². The summed E-state index contributed by atoms with van der Waals surface area (Å²) in [5.74, 6) is -1.89. The van der Waals surface area contributed by atoms with Crippen molar-refractivity contribution in [1.82, 2.24) is 10.6 Å². The maximum atomic E-state index is 11.8. The number of nitrogens with one attached hydrogen (secondary N) is 3. The Morgan fingerprint density at radius 1 is 1.25 bits per heavy atom. The number of esters is 1. The van der Waals surface area contributed by atoms with E-state index in [0.717, 1.165) is 4.47 Å². The largest absolute Gasteiger partial charge is 0.454 e. The molecule has 1 heterocycles. The average Bonchev–Trinajstić information content (AvgIpc) is 2.99. The predicted octanol–water partition coefficient (Wildman–Crippen LogP) is 0.326. The van der Waals surface area contributed by atoms with Crippen molar-refractivity contribution in [2.45, 2.75) is 18.9 Å². The topological polar surface area (TPSA) is 114 Å². The van der Waals surface area contributed by atoms with E-state index in [1.807, 2.05) is 6.07 Å². The lowest BCUT2D eigenvalue weighted by Gasteiger charge is -2.11. The van der Waals surface area contributed by atoms with Crippen molar-refractivity contribution in [3.8, 4) is 0 Å². The summed E-state index contributed by atoms with van der Waals surface area (Å²) in [5.41, 5.74) is 0.583. The molecule has 1 saturated heterocycles. The molecule has 2 rings (SSSR count). The third-order valence-electron chi connectivity index (χ3n) is 3.22. The maximum Gasteiger partial charge on any atom is 0.329 e. The number of carbonyl (C=O) groups is 4. The molecule has 9 heteroatoms. The van der Waals surface area contributed by atoms with E-state index < -0.39 is 30.4 Å². The molecule has 3 N–H and O–H groups in total. The lowest BCUT2D eigenvalue weighted by Crippen LogP contribution is -2.39. The molecular formula is C15H16BrN3O5. The zero-order valence-corrected chi connectivity index (χ0v) is 14.2. The first-order valence-electron chi connectivity index (χ1n) is 7.23. The molecule has 3 amide bonds. The molecule has 1 aliphatic heterocycles. The van der Waals surface area contributed by atoms with Gasteiger partial charge < -0.3 is 20.7 Å². The molecule has 0 radical (unpaired) electrons. The van der Waals surface area contributed by atoms with Gasteiger partial charge >= 0.3 is 5.97 Å². The molecule has 0 spiro atoms. The van der Waals surface area contributed by atoms with E-state index in [-0.39, 0.29) is 18.9 Å². The van der Waals surface area contributed by atoms with Gasteiger partial charge in [0.15, 0.2) is 6.61 Å². The number of hydrogen-bond donors (Lipinski definition) is 3. The highest BCUT2D eigenvalue weighted by atomic mass is 79.9. The Kier molecular flexibility index (Phi) is 6.30. The summed E-state index contributed by atoms with van der Waals surface area (Å²) in [6.45, 7) is -0.759. The number of rotatable bonds is 6. The molecule has 1 aliphatic rings. The Balaban J connectivity index is 1.67. The third-order valence-corrected chi connectivity index (χ3v) is 3.91. The SMILES string of the molecule is O=C(COC(=O)[C@H]1CCC(=O)N1)NCC(=O)Nc1ccccc1Br. The summed E-state index contributed by atoms with van der Waals surface area (Å²) < 4.78 is 5.52. The summed E-state index contributed by atoms with van der Waals surface area (Å²) in [5, 5.41) is 7.42. The minimum absolute atomic E-state index is 0.217. The number of benzene rings is 1. The van der Waals surface area contributed by atoms with E-state index in [4.69, 9.17) is 4.74 Å². The van der Waals surface area contributed by atoms with Crippen molar-refractivity contribution in [2.24, 2.45) is 0 Å². The standard InChI is InChI=1S/C15H16BrN3O5/c16-9-3-1-2-4-10(9)18-13(21)7-17-14(22)8-24-15(23)11-5-6-12(20)19-11/h1-4,11H,5-8H2,(H,17,22)(H,18,21)(H,19,20)/t11-/m1/s1. The minimum atomic E-state index is -0.705. The van der Waals surface area contributed by atoms with Gasteiger partial charge in [-0.3, -0.25) is 14.4 Å². The molecule has 8 nitrogen and oxygen atoms in total. The van der Waals surface area contributed by atoms with Gasteiger partial charge in [-0.2, -0.15) is 0 Å². The molecule has 0 aromatic heterocycles. The molecule has 1 atom stereocenters. The van der Waals surface area contributed by atoms with Gasteiger partial charge in [-0.15, -0.1) is 0 Å². The van der Waals surface area contributed by atoms with Gasteiger partial charge in [-0.25, -0.2) is 4.79 Å². The predicted molar refractivity (Wildman–Crippen MR) is 87.9 cm³/mol. The highest BCUT2D eigenvalue weighted by molar-refractivity contribution is 9.10. The van der Waals surface area contributed by atoms with Gasteiger partial charge in [0.25, 0.3) is 5.91 Å². The smallest absolute Gasteiger partial charge is 0.329 e.